The Kier molecular flexibility index (Phi) is 5.97. The minimum Gasteiger partial charge on any atom is -0.294 e. The number of para-hydroxylation sites is 1. The Morgan fingerprint density at radius 3 is 2.32 bits per heavy atom. The van der Waals surface area contributed by atoms with Crippen LogP contribution in [-0.2, 0) is 9.59 Å². The van der Waals surface area contributed by atoms with Crippen molar-refractivity contribution >= 4 is 29.0 Å². The van der Waals surface area contributed by atoms with Crippen molar-refractivity contribution in [1.29, 1.82) is 0 Å². The van der Waals surface area contributed by atoms with Crippen molar-refractivity contribution in [2.24, 2.45) is 0 Å². The van der Waals surface area contributed by atoms with Crippen LogP contribution in [0.3, 0.4) is 0 Å². The third kappa shape index (κ3) is 4.27. The summed E-state index contributed by atoms with van der Waals surface area (Å²) in [6.45, 7) is 0. The second-order valence-corrected chi connectivity index (χ2v) is 9.76. The summed E-state index contributed by atoms with van der Waals surface area (Å²) in [6, 6.07) is 23.0. The number of allylic oxidation sites excluding steroid dienone is 2. The van der Waals surface area contributed by atoms with Crippen molar-refractivity contribution in [3.63, 3.8) is 0 Å². The highest BCUT2D eigenvalue weighted by Gasteiger charge is 2.41. The maximum Gasteiger partial charge on any atom is 0.232 e. The molecule has 1 aromatic heterocycles. The minimum atomic E-state index is -0.435. The van der Waals surface area contributed by atoms with Crippen molar-refractivity contribution in [2.75, 3.05) is 4.90 Å². The van der Waals surface area contributed by atoms with Gasteiger partial charge in [0, 0.05) is 58.1 Å². The first-order valence-electron chi connectivity index (χ1n) is 12.3. The van der Waals surface area contributed by atoms with E-state index in [1.165, 1.54) is 12.1 Å². The van der Waals surface area contributed by atoms with E-state index in [0.717, 1.165) is 16.8 Å². The molecule has 1 unspecified atom stereocenters. The summed E-state index contributed by atoms with van der Waals surface area (Å²) in [5.74, 6) is -0.893. The Morgan fingerprint density at radius 2 is 1.59 bits per heavy atom. The van der Waals surface area contributed by atoms with Crippen molar-refractivity contribution < 1.29 is 14.0 Å². The molecule has 1 amide bonds. The molecule has 5 nitrogen and oxygen atoms in total. The van der Waals surface area contributed by atoms with Crippen LogP contribution in [0.5, 0.6) is 0 Å². The molecule has 0 radical (unpaired) electrons. The van der Waals surface area contributed by atoms with Gasteiger partial charge in [0.1, 0.15) is 5.82 Å². The molecule has 0 saturated carbocycles. The topological polar surface area (TPSA) is 55.2 Å². The van der Waals surface area contributed by atoms with Crippen LogP contribution in [-0.4, -0.2) is 21.5 Å². The minimum absolute atomic E-state index is 0.0420. The first-order valence-corrected chi connectivity index (χ1v) is 12.6. The normalized spacial score (nSPS) is 17.8. The maximum absolute atomic E-state index is 13.6. The molecule has 1 atom stereocenters. The molecular weight excluding hydrogens is 489 g/mol. The molecule has 184 valence electrons. The lowest BCUT2D eigenvalue weighted by molar-refractivity contribution is -0.119. The van der Waals surface area contributed by atoms with Gasteiger partial charge in [0.15, 0.2) is 5.78 Å². The van der Waals surface area contributed by atoms with E-state index in [-0.39, 0.29) is 23.9 Å². The predicted octanol–water partition coefficient (Wildman–Crippen LogP) is 6.86. The highest BCUT2D eigenvalue weighted by molar-refractivity contribution is 6.30. The second-order valence-electron chi connectivity index (χ2n) is 9.32. The fraction of sp³-hybridized carbons (Fsp3) is 0.167. The van der Waals surface area contributed by atoms with E-state index in [2.05, 4.69) is 0 Å². The Hall–Kier alpha value is -4.03. The number of hydrogen-bond donors (Lipinski definition) is 0. The second kappa shape index (κ2) is 9.45. The lowest BCUT2D eigenvalue weighted by Gasteiger charge is -2.38. The van der Waals surface area contributed by atoms with Crippen LogP contribution in [0.4, 0.5) is 10.1 Å². The molecule has 0 fully saturated rings. The number of benzene rings is 3. The van der Waals surface area contributed by atoms with Crippen LogP contribution < -0.4 is 4.90 Å². The first kappa shape index (κ1) is 23.4. The van der Waals surface area contributed by atoms with E-state index in [0.29, 0.717) is 46.9 Å². The number of halogens is 2. The molecular formula is C30H23ClFN3O2. The summed E-state index contributed by atoms with van der Waals surface area (Å²) >= 11 is 6.15. The lowest BCUT2D eigenvalue weighted by Crippen LogP contribution is -2.40. The Balaban J connectivity index is 1.53. The van der Waals surface area contributed by atoms with Crippen LogP contribution in [0.2, 0.25) is 5.02 Å². The largest absolute Gasteiger partial charge is 0.294 e. The zero-order chi connectivity index (χ0) is 25.5. The number of nitrogens with zero attached hydrogens (tertiary/aromatic N) is 3. The van der Waals surface area contributed by atoms with Gasteiger partial charge in [-0.3, -0.25) is 14.5 Å². The fourth-order valence-corrected chi connectivity index (χ4v) is 5.46. The molecule has 0 spiro atoms. The number of ketones is 1. The van der Waals surface area contributed by atoms with Crippen molar-refractivity contribution in [2.45, 2.75) is 31.6 Å². The average Bonchev–Trinajstić information content (AvgIpc) is 3.35. The number of rotatable bonds is 4. The molecule has 0 bridgehead atoms. The van der Waals surface area contributed by atoms with Crippen LogP contribution in [0.25, 0.3) is 16.9 Å². The number of aromatic nitrogens is 2. The van der Waals surface area contributed by atoms with E-state index in [4.69, 9.17) is 16.7 Å². The average molecular weight is 512 g/mol. The van der Waals surface area contributed by atoms with E-state index >= 15 is 0 Å². The Morgan fingerprint density at radius 1 is 0.865 bits per heavy atom. The zero-order valence-electron chi connectivity index (χ0n) is 19.9. The Bertz CT molecular complexity index is 1530. The standard InChI is InChI=1S/C30H23ClFN3O2/c31-20-11-9-19(10-12-20)30-25(18-34(33-30)22-5-2-1-3-6-22)24-17-28(37)35(23-15-13-21(32)14-16-23)26-7-4-8-27(36)29(24)26/h1-3,5-6,9-16,18,24H,4,7-8,17H2. The highest BCUT2D eigenvalue weighted by atomic mass is 35.5. The van der Waals surface area contributed by atoms with E-state index in [1.54, 1.807) is 33.8 Å². The van der Waals surface area contributed by atoms with Crippen molar-refractivity contribution in [3.05, 3.63) is 113 Å². The van der Waals surface area contributed by atoms with Crippen LogP contribution in [0.1, 0.15) is 37.2 Å². The van der Waals surface area contributed by atoms with Gasteiger partial charge in [-0.2, -0.15) is 5.10 Å². The summed E-state index contributed by atoms with van der Waals surface area (Å²) in [5, 5.41) is 5.52. The molecule has 37 heavy (non-hydrogen) atoms. The zero-order valence-corrected chi connectivity index (χ0v) is 20.7. The Labute approximate surface area is 218 Å². The van der Waals surface area contributed by atoms with Gasteiger partial charge >= 0.3 is 0 Å². The van der Waals surface area contributed by atoms with Crippen LogP contribution >= 0.6 is 11.6 Å². The molecule has 0 N–H and O–H groups in total. The monoisotopic (exact) mass is 511 g/mol. The molecule has 2 aliphatic rings. The van der Waals surface area contributed by atoms with Gasteiger partial charge in [-0.15, -0.1) is 0 Å². The summed E-state index contributed by atoms with van der Waals surface area (Å²) in [6.07, 6.45) is 3.75. The van der Waals surface area contributed by atoms with Gasteiger partial charge in [0.05, 0.1) is 11.4 Å². The molecule has 0 saturated heterocycles. The van der Waals surface area contributed by atoms with E-state index in [1.807, 2.05) is 48.7 Å². The molecule has 1 aliphatic heterocycles. The number of anilines is 1. The third-order valence-corrected chi connectivity index (χ3v) is 7.27. The number of carbonyl (C=O) groups is 2. The van der Waals surface area contributed by atoms with Crippen molar-refractivity contribution in [3.8, 4) is 16.9 Å². The van der Waals surface area contributed by atoms with E-state index < -0.39 is 5.92 Å². The van der Waals surface area contributed by atoms with Crippen LogP contribution in [0.15, 0.2) is 96.3 Å². The summed E-state index contributed by atoms with van der Waals surface area (Å²) in [5.41, 5.74) is 5.19. The quantitative estimate of drug-likeness (QED) is 0.301. The maximum atomic E-state index is 13.6. The first-order chi connectivity index (χ1) is 18.0. The van der Waals surface area contributed by atoms with Crippen molar-refractivity contribution in [1.82, 2.24) is 9.78 Å². The number of carbonyl (C=O) groups excluding carboxylic acids is 2. The molecule has 6 rings (SSSR count). The molecule has 1 aliphatic carbocycles. The fourth-order valence-electron chi connectivity index (χ4n) is 5.34. The molecule has 4 aromatic rings. The van der Waals surface area contributed by atoms with Gasteiger partial charge in [-0.25, -0.2) is 9.07 Å². The van der Waals surface area contributed by atoms with Gasteiger partial charge in [-0.1, -0.05) is 41.9 Å². The summed E-state index contributed by atoms with van der Waals surface area (Å²) in [7, 11) is 0. The molecule has 7 heteroatoms. The smallest absolute Gasteiger partial charge is 0.232 e. The predicted molar refractivity (Wildman–Crippen MR) is 141 cm³/mol. The third-order valence-electron chi connectivity index (χ3n) is 7.02. The number of hydrogen-bond acceptors (Lipinski definition) is 3. The number of Topliss-reactive ketones (excluding diaryl/α,β-unsaturated/α-hetero) is 1. The molecule has 3 aromatic carbocycles. The van der Waals surface area contributed by atoms with Gasteiger partial charge in [0.2, 0.25) is 5.91 Å². The van der Waals surface area contributed by atoms with Gasteiger partial charge in [0.25, 0.3) is 0 Å². The summed E-state index contributed by atoms with van der Waals surface area (Å²) in [4.78, 5) is 28.7. The summed E-state index contributed by atoms with van der Waals surface area (Å²) < 4.78 is 15.4. The van der Waals surface area contributed by atoms with Gasteiger partial charge in [-0.05, 0) is 61.4 Å². The highest BCUT2D eigenvalue weighted by Crippen LogP contribution is 2.45. The molecule has 2 heterocycles. The van der Waals surface area contributed by atoms with E-state index in [9.17, 15) is 14.0 Å². The van der Waals surface area contributed by atoms with Gasteiger partial charge < -0.3 is 0 Å². The van der Waals surface area contributed by atoms with Crippen LogP contribution in [0, 0.1) is 5.82 Å². The SMILES string of the molecule is O=C1CCCC2=C1C(c1cn(-c3ccccc3)nc1-c1ccc(Cl)cc1)CC(=O)N2c1ccc(F)cc1. The number of amides is 1. The lowest BCUT2D eigenvalue weighted by atomic mass is 9.76.